The number of ether oxygens (including phenoxy) is 2. The largest absolute Gasteiger partial charge is 0.497 e. The van der Waals surface area contributed by atoms with Crippen LogP contribution < -0.4 is 10.1 Å². The molecule has 4 nitrogen and oxygen atoms in total. The quantitative estimate of drug-likeness (QED) is 0.584. The standard InChI is InChI=1S/C12H17NO3/c1-10(14)16-7-6-13-9-11-4-3-5-12(8-11)15-2/h3-5,8,13H,6-7,9H2,1-2H3. The van der Waals surface area contributed by atoms with Crippen LogP contribution in [0.15, 0.2) is 24.3 Å². The van der Waals surface area contributed by atoms with Crippen molar-refractivity contribution >= 4 is 5.97 Å². The monoisotopic (exact) mass is 223 g/mol. The van der Waals surface area contributed by atoms with E-state index in [2.05, 4.69) is 5.32 Å². The van der Waals surface area contributed by atoms with E-state index in [9.17, 15) is 4.79 Å². The zero-order chi connectivity index (χ0) is 11.8. The highest BCUT2D eigenvalue weighted by molar-refractivity contribution is 5.65. The molecular formula is C12H17NO3. The summed E-state index contributed by atoms with van der Waals surface area (Å²) in [5.41, 5.74) is 1.14. The molecule has 1 aromatic rings. The van der Waals surface area contributed by atoms with Crippen LogP contribution in [0.5, 0.6) is 5.75 Å². The van der Waals surface area contributed by atoms with Crippen LogP contribution in [0.4, 0.5) is 0 Å². The van der Waals surface area contributed by atoms with Gasteiger partial charge in [0.2, 0.25) is 0 Å². The second-order valence-electron chi connectivity index (χ2n) is 3.37. The zero-order valence-electron chi connectivity index (χ0n) is 9.66. The van der Waals surface area contributed by atoms with Crippen molar-refractivity contribution in [2.45, 2.75) is 13.5 Å². The lowest BCUT2D eigenvalue weighted by atomic mass is 10.2. The Hall–Kier alpha value is -1.55. The number of nitrogens with one attached hydrogen (secondary N) is 1. The summed E-state index contributed by atoms with van der Waals surface area (Å²) >= 11 is 0. The Morgan fingerprint density at radius 3 is 2.94 bits per heavy atom. The van der Waals surface area contributed by atoms with Crippen molar-refractivity contribution in [1.29, 1.82) is 0 Å². The van der Waals surface area contributed by atoms with Crippen molar-refractivity contribution in [2.75, 3.05) is 20.3 Å². The average Bonchev–Trinajstić information content (AvgIpc) is 2.28. The van der Waals surface area contributed by atoms with Gasteiger partial charge in [0.1, 0.15) is 12.4 Å². The van der Waals surface area contributed by atoms with Crippen molar-refractivity contribution in [1.82, 2.24) is 5.32 Å². The van der Waals surface area contributed by atoms with Crippen LogP contribution in [-0.2, 0) is 16.1 Å². The summed E-state index contributed by atoms with van der Waals surface area (Å²) in [5, 5.41) is 3.18. The molecule has 0 aromatic heterocycles. The van der Waals surface area contributed by atoms with E-state index in [4.69, 9.17) is 9.47 Å². The van der Waals surface area contributed by atoms with E-state index in [1.54, 1.807) is 7.11 Å². The highest BCUT2D eigenvalue weighted by atomic mass is 16.5. The molecule has 16 heavy (non-hydrogen) atoms. The van der Waals surface area contributed by atoms with Crippen LogP contribution in [-0.4, -0.2) is 26.2 Å². The van der Waals surface area contributed by atoms with Crippen molar-refractivity contribution < 1.29 is 14.3 Å². The molecule has 0 saturated heterocycles. The number of carbonyl (C=O) groups excluding carboxylic acids is 1. The molecule has 0 atom stereocenters. The van der Waals surface area contributed by atoms with Gasteiger partial charge >= 0.3 is 5.97 Å². The highest BCUT2D eigenvalue weighted by Crippen LogP contribution is 2.11. The van der Waals surface area contributed by atoms with Crippen molar-refractivity contribution in [3.8, 4) is 5.75 Å². The number of carbonyl (C=O) groups is 1. The Kier molecular flexibility index (Phi) is 5.36. The smallest absolute Gasteiger partial charge is 0.302 e. The van der Waals surface area contributed by atoms with E-state index in [1.807, 2.05) is 24.3 Å². The fourth-order valence-corrected chi connectivity index (χ4v) is 1.28. The molecule has 0 aliphatic heterocycles. The number of esters is 1. The normalized spacial score (nSPS) is 9.88. The minimum absolute atomic E-state index is 0.247. The second-order valence-corrected chi connectivity index (χ2v) is 3.37. The third-order valence-electron chi connectivity index (χ3n) is 2.05. The SMILES string of the molecule is COc1cccc(CNCCOC(C)=O)c1. The minimum Gasteiger partial charge on any atom is -0.497 e. The molecule has 1 aromatic carbocycles. The van der Waals surface area contributed by atoms with Gasteiger partial charge in [-0.1, -0.05) is 12.1 Å². The van der Waals surface area contributed by atoms with Crippen LogP contribution in [0.25, 0.3) is 0 Å². The number of hydrogen-bond acceptors (Lipinski definition) is 4. The van der Waals surface area contributed by atoms with Gasteiger partial charge < -0.3 is 14.8 Å². The summed E-state index contributed by atoms with van der Waals surface area (Å²) < 4.78 is 9.92. The molecule has 0 fully saturated rings. The fraction of sp³-hybridized carbons (Fsp3) is 0.417. The van der Waals surface area contributed by atoms with Gasteiger partial charge in [-0.05, 0) is 17.7 Å². The third-order valence-corrected chi connectivity index (χ3v) is 2.05. The van der Waals surface area contributed by atoms with Crippen LogP contribution in [0, 0.1) is 0 Å². The lowest BCUT2D eigenvalue weighted by Crippen LogP contribution is -2.20. The second kappa shape index (κ2) is 6.85. The first-order chi connectivity index (χ1) is 7.72. The third kappa shape index (κ3) is 4.79. The average molecular weight is 223 g/mol. The molecular weight excluding hydrogens is 206 g/mol. The summed E-state index contributed by atoms with van der Waals surface area (Å²) in [4.78, 5) is 10.5. The zero-order valence-corrected chi connectivity index (χ0v) is 9.66. The molecule has 0 bridgehead atoms. The molecule has 0 heterocycles. The molecule has 88 valence electrons. The van der Waals surface area contributed by atoms with Gasteiger partial charge in [0.05, 0.1) is 7.11 Å². The number of hydrogen-bond donors (Lipinski definition) is 1. The van der Waals surface area contributed by atoms with Gasteiger partial charge in [-0.25, -0.2) is 0 Å². The first kappa shape index (κ1) is 12.5. The van der Waals surface area contributed by atoms with E-state index in [1.165, 1.54) is 6.92 Å². The number of benzene rings is 1. The Balaban J connectivity index is 2.23. The van der Waals surface area contributed by atoms with Crippen LogP contribution in [0.2, 0.25) is 0 Å². The summed E-state index contributed by atoms with van der Waals surface area (Å²) in [5.74, 6) is 0.600. The summed E-state index contributed by atoms with van der Waals surface area (Å²) in [6.07, 6.45) is 0. The Bertz CT molecular complexity index is 339. The molecule has 0 radical (unpaired) electrons. The summed E-state index contributed by atoms with van der Waals surface area (Å²) in [6.45, 7) is 3.19. The first-order valence-corrected chi connectivity index (χ1v) is 5.19. The maximum Gasteiger partial charge on any atom is 0.302 e. The summed E-state index contributed by atoms with van der Waals surface area (Å²) in [6, 6.07) is 7.84. The van der Waals surface area contributed by atoms with E-state index >= 15 is 0 Å². The van der Waals surface area contributed by atoms with Gasteiger partial charge in [0, 0.05) is 20.0 Å². The Morgan fingerprint density at radius 2 is 2.25 bits per heavy atom. The Morgan fingerprint density at radius 1 is 1.44 bits per heavy atom. The number of rotatable bonds is 6. The van der Waals surface area contributed by atoms with E-state index in [-0.39, 0.29) is 5.97 Å². The molecule has 0 aliphatic carbocycles. The minimum atomic E-state index is -0.247. The molecule has 0 unspecified atom stereocenters. The Labute approximate surface area is 95.6 Å². The maximum atomic E-state index is 10.5. The van der Waals surface area contributed by atoms with Gasteiger partial charge in [0.15, 0.2) is 0 Å². The lowest BCUT2D eigenvalue weighted by Gasteiger charge is -2.06. The van der Waals surface area contributed by atoms with Crippen molar-refractivity contribution in [3.63, 3.8) is 0 Å². The van der Waals surface area contributed by atoms with E-state index in [0.29, 0.717) is 13.2 Å². The van der Waals surface area contributed by atoms with Crippen molar-refractivity contribution in [2.24, 2.45) is 0 Å². The molecule has 1 rings (SSSR count). The van der Waals surface area contributed by atoms with E-state index < -0.39 is 0 Å². The van der Waals surface area contributed by atoms with Crippen LogP contribution in [0.1, 0.15) is 12.5 Å². The van der Waals surface area contributed by atoms with Gasteiger partial charge in [-0.15, -0.1) is 0 Å². The molecule has 0 amide bonds. The predicted molar refractivity (Wildman–Crippen MR) is 61.3 cm³/mol. The number of methoxy groups -OCH3 is 1. The summed E-state index contributed by atoms with van der Waals surface area (Å²) in [7, 11) is 1.65. The molecule has 0 spiro atoms. The molecule has 0 aliphatic rings. The topological polar surface area (TPSA) is 47.6 Å². The van der Waals surface area contributed by atoms with Crippen LogP contribution >= 0.6 is 0 Å². The lowest BCUT2D eigenvalue weighted by molar-refractivity contribution is -0.140. The van der Waals surface area contributed by atoms with Crippen LogP contribution in [0.3, 0.4) is 0 Å². The van der Waals surface area contributed by atoms with E-state index in [0.717, 1.165) is 17.9 Å². The van der Waals surface area contributed by atoms with Gasteiger partial charge in [-0.3, -0.25) is 4.79 Å². The van der Waals surface area contributed by atoms with Gasteiger partial charge in [0.25, 0.3) is 0 Å². The van der Waals surface area contributed by atoms with Gasteiger partial charge in [-0.2, -0.15) is 0 Å². The fourth-order valence-electron chi connectivity index (χ4n) is 1.28. The predicted octanol–water partition coefficient (Wildman–Crippen LogP) is 1.35. The van der Waals surface area contributed by atoms with Crippen molar-refractivity contribution in [3.05, 3.63) is 29.8 Å². The highest BCUT2D eigenvalue weighted by Gasteiger charge is 1.96. The molecule has 0 saturated carbocycles. The molecule has 4 heteroatoms. The molecule has 1 N–H and O–H groups in total. The first-order valence-electron chi connectivity index (χ1n) is 5.19. The maximum absolute atomic E-state index is 10.5.